The van der Waals surface area contributed by atoms with Gasteiger partial charge in [-0.25, -0.2) is 0 Å². The van der Waals surface area contributed by atoms with Crippen LogP contribution in [0.2, 0.25) is 5.22 Å². The second-order valence-electron chi connectivity index (χ2n) is 2.34. The summed E-state index contributed by atoms with van der Waals surface area (Å²) in [6.45, 7) is 4.20. The van der Waals surface area contributed by atoms with E-state index < -0.39 is 0 Å². The van der Waals surface area contributed by atoms with Gasteiger partial charge in [-0.3, -0.25) is 0 Å². The highest BCUT2D eigenvalue weighted by Crippen LogP contribution is 2.20. The number of rotatable bonds is 1. The van der Waals surface area contributed by atoms with Gasteiger partial charge in [0.2, 0.25) is 0 Å². The van der Waals surface area contributed by atoms with Gasteiger partial charge >= 0.3 is 0 Å². The van der Waals surface area contributed by atoms with Crippen molar-refractivity contribution < 1.29 is 4.42 Å². The first-order chi connectivity index (χ1) is 4.20. The molecule has 0 aliphatic rings. The number of halogens is 1. The summed E-state index contributed by atoms with van der Waals surface area (Å²) in [7, 11) is 0. The molecule has 0 saturated carbocycles. The highest BCUT2D eigenvalue weighted by atomic mass is 35.5. The van der Waals surface area contributed by atoms with Crippen LogP contribution in [0.1, 0.15) is 25.3 Å². The van der Waals surface area contributed by atoms with Gasteiger partial charge in [-0.05, 0) is 29.1 Å². The molecule has 9 heavy (non-hydrogen) atoms. The van der Waals surface area contributed by atoms with Gasteiger partial charge in [-0.2, -0.15) is 0 Å². The molecule has 0 aliphatic carbocycles. The van der Waals surface area contributed by atoms with Crippen molar-refractivity contribution in [2.24, 2.45) is 0 Å². The molecule has 0 amide bonds. The van der Waals surface area contributed by atoms with Crippen LogP contribution in [0.5, 0.6) is 0 Å². The van der Waals surface area contributed by atoms with Crippen LogP contribution in [-0.2, 0) is 0 Å². The molecule has 1 heterocycles. The minimum atomic E-state index is 0.471. The molecule has 2 heteroatoms. The molecule has 0 radical (unpaired) electrons. The highest BCUT2D eigenvalue weighted by molar-refractivity contribution is 6.28. The molecule has 1 rings (SSSR count). The summed E-state index contributed by atoms with van der Waals surface area (Å²) in [5.74, 6) is 0.501. The van der Waals surface area contributed by atoms with Crippen molar-refractivity contribution in [1.82, 2.24) is 0 Å². The summed E-state index contributed by atoms with van der Waals surface area (Å²) in [6, 6.07) is 1.84. The van der Waals surface area contributed by atoms with Gasteiger partial charge in [0, 0.05) is 0 Å². The summed E-state index contributed by atoms with van der Waals surface area (Å²) in [5.41, 5.74) is 1.15. The molecule has 0 unspecified atom stereocenters. The van der Waals surface area contributed by atoms with E-state index in [9.17, 15) is 0 Å². The van der Waals surface area contributed by atoms with Gasteiger partial charge in [0.15, 0.2) is 5.22 Å². The Bertz CT molecular complexity index is 191. The molecule has 0 bridgehead atoms. The summed E-state index contributed by atoms with van der Waals surface area (Å²) < 4.78 is 4.89. The van der Waals surface area contributed by atoms with E-state index in [1.165, 1.54) is 0 Å². The summed E-state index contributed by atoms with van der Waals surface area (Å²) in [5, 5.41) is 0.471. The smallest absolute Gasteiger partial charge is 0.193 e. The van der Waals surface area contributed by atoms with Crippen LogP contribution >= 0.6 is 11.6 Å². The van der Waals surface area contributed by atoms with Crippen molar-refractivity contribution in [1.29, 1.82) is 0 Å². The second kappa shape index (κ2) is 2.44. The lowest BCUT2D eigenvalue weighted by atomic mass is 10.1. The van der Waals surface area contributed by atoms with E-state index >= 15 is 0 Å². The lowest BCUT2D eigenvalue weighted by molar-refractivity contribution is 0.564. The standard InChI is InChI=1S/C7H9ClO/c1-5(2)6-3-7(8)9-4-6/h3-5H,1-2H3. The second-order valence-corrected chi connectivity index (χ2v) is 2.71. The van der Waals surface area contributed by atoms with Crippen LogP contribution in [-0.4, -0.2) is 0 Å². The SMILES string of the molecule is CC(C)c1coc(Cl)c1. The maximum absolute atomic E-state index is 5.54. The van der Waals surface area contributed by atoms with E-state index in [-0.39, 0.29) is 0 Å². The minimum absolute atomic E-state index is 0.471. The molecule has 0 saturated heterocycles. The average molecular weight is 145 g/mol. The van der Waals surface area contributed by atoms with E-state index in [4.69, 9.17) is 16.0 Å². The lowest BCUT2D eigenvalue weighted by Gasteiger charge is -1.94. The number of furan rings is 1. The van der Waals surface area contributed by atoms with E-state index in [2.05, 4.69) is 13.8 Å². The number of hydrogen-bond donors (Lipinski definition) is 0. The molecule has 1 aromatic heterocycles. The Morgan fingerprint density at radius 3 is 2.44 bits per heavy atom. The highest BCUT2D eigenvalue weighted by Gasteiger charge is 2.01. The van der Waals surface area contributed by atoms with Crippen LogP contribution in [0.25, 0.3) is 0 Å². The first-order valence-corrected chi connectivity index (χ1v) is 3.32. The zero-order chi connectivity index (χ0) is 6.85. The topological polar surface area (TPSA) is 13.1 Å². The van der Waals surface area contributed by atoms with Crippen LogP contribution in [0, 0.1) is 0 Å². The van der Waals surface area contributed by atoms with Gasteiger partial charge in [-0.1, -0.05) is 13.8 Å². The molecule has 0 fully saturated rings. The summed E-state index contributed by atoms with van der Waals surface area (Å²) in [4.78, 5) is 0. The zero-order valence-corrected chi connectivity index (χ0v) is 6.27. The molecule has 0 aliphatic heterocycles. The first-order valence-electron chi connectivity index (χ1n) is 2.94. The van der Waals surface area contributed by atoms with Gasteiger partial charge in [0.05, 0.1) is 6.26 Å². The normalized spacial score (nSPS) is 10.7. The molecular formula is C7H9ClO. The average Bonchev–Trinajstić information content (AvgIpc) is 2.14. The van der Waals surface area contributed by atoms with E-state index in [0.29, 0.717) is 11.1 Å². The minimum Gasteiger partial charge on any atom is -0.453 e. The van der Waals surface area contributed by atoms with E-state index in [1.54, 1.807) is 6.26 Å². The first kappa shape index (κ1) is 6.69. The molecule has 0 aromatic carbocycles. The van der Waals surface area contributed by atoms with Crippen molar-refractivity contribution in [2.45, 2.75) is 19.8 Å². The van der Waals surface area contributed by atoms with Crippen molar-refractivity contribution >= 4 is 11.6 Å². The molecular weight excluding hydrogens is 136 g/mol. The molecule has 0 N–H and O–H groups in total. The van der Waals surface area contributed by atoms with Crippen molar-refractivity contribution in [2.75, 3.05) is 0 Å². The van der Waals surface area contributed by atoms with E-state index in [0.717, 1.165) is 5.56 Å². The Morgan fingerprint density at radius 1 is 1.56 bits per heavy atom. The zero-order valence-electron chi connectivity index (χ0n) is 5.52. The predicted octanol–water partition coefficient (Wildman–Crippen LogP) is 3.06. The van der Waals surface area contributed by atoms with Gasteiger partial charge in [0.25, 0.3) is 0 Å². The Balaban J connectivity index is 2.85. The third kappa shape index (κ3) is 1.49. The van der Waals surface area contributed by atoms with E-state index in [1.807, 2.05) is 6.07 Å². The summed E-state index contributed by atoms with van der Waals surface area (Å²) in [6.07, 6.45) is 1.69. The fourth-order valence-electron chi connectivity index (χ4n) is 0.626. The van der Waals surface area contributed by atoms with Crippen molar-refractivity contribution in [3.63, 3.8) is 0 Å². The van der Waals surface area contributed by atoms with Crippen LogP contribution in [0.4, 0.5) is 0 Å². The quantitative estimate of drug-likeness (QED) is 0.591. The van der Waals surface area contributed by atoms with Crippen molar-refractivity contribution in [3.05, 3.63) is 23.1 Å². The fraction of sp³-hybridized carbons (Fsp3) is 0.429. The molecule has 0 atom stereocenters. The molecule has 1 nitrogen and oxygen atoms in total. The Kier molecular flexibility index (Phi) is 1.81. The monoisotopic (exact) mass is 144 g/mol. The fourth-order valence-corrected chi connectivity index (χ4v) is 0.797. The summed E-state index contributed by atoms with van der Waals surface area (Å²) >= 11 is 5.54. The third-order valence-electron chi connectivity index (χ3n) is 1.25. The Labute approximate surface area is 59.6 Å². The maximum Gasteiger partial charge on any atom is 0.193 e. The Hall–Kier alpha value is -0.430. The third-order valence-corrected chi connectivity index (χ3v) is 1.45. The van der Waals surface area contributed by atoms with Crippen molar-refractivity contribution in [3.8, 4) is 0 Å². The number of hydrogen-bond acceptors (Lipinski definition) is 1. The maximum atomic E-state index is 5.54. The van der Waals surface area contributed by atoms with Gasteiger partial charge < -0.3 is 4.42 Å². The predicted molar refractivity (Wildman–Crippen MR) is 37.8 cm³/mol. The van der Waals surface area contributed by atoms with Crippen LogP contribution in [0.3, 0.4) is 0 Å². The van der Waals surface area contributed by atoms with Gasteiger partial charge in [0.1, 0.15) is 0 Å². The molecule has 0 spiro atoms. The van der Waals surface area contributed by atoms with Crippen LogP contribution in [0.15, 0.2) is 16.7 Å². The Morgan fingerprint density at radius 2 is 2.22 bits per heavy atom. The lowest BCUT2D eigenvalue weighted by Crippen LogP contribution is -1.79. The van der Waals surface area contributed by atoms with Crippen LogP contribution < -0.4 is 0 Å². The largest absolute Gasteiger partial charge is 0.453 e. The molecule has 50 valence electrons. The van der Waals surface area contributed by atoms with Gasteiger partial charge in [-0.15, -0.1) is 0 Å². The molecule has 1 aromatic rings.